The van der Waals surface area contributed by atoms with E-state index in [4.69, 9.17) is 4.74 Å². The van der Waals surface area contributed by atoms with E-state index in [1.54, 1.807) is 33.2 Å². The maximum Gasteiger partial charge on any atom is 0.240 e. The minimum absolute atomic E-state index is 0. The van der Waals surface area contributed by atoms with E-state index in [-0.39, 0.29) is 18.3 Å². The molecule has 0 unspecified atom stereocenters. The smallest absolute Gasteiger partial charge is 0.240 e. The van der Waals surface area contributed by atoms with Crippen molar-refractivity contribution in [3.8, 4) is 5.75 Å². The van der Waals surface area contributed by atoms with Crippen molar-refractivity contribution < 1.29 is 13.2 Å². The van der Waals surface area contributed by atoms with Gasteiger partial charge in [-0.25, -0.2) is 13.1 Å². The first-order chi connectivity index (χ1) is 9.33. The van der Waals surface area contributed by atoms with Crippen molar-refractivity contribution in [1.82, 2.24) is 10.0 Å². The van der Waals surface area contributed by atoms with Gasteiger partial charge in [-0.15, -0.1) is 12.4 Å². The van der Waals surface area contributed by atoms with Gasteiger partial charge < -0.3 is 10.1 Å². The highest BCUT2D eigenvalue weighted by Gasteiger charge is 2.20. The molecule has 0 aromatic heterocycles. The van der Waals surface area contributed by atoms with Crippen LogP contribution in [0.1, 0.15) is 30.9 Å². The second-order valence-electron chi connectivity index (χ2n) is 5.02. The van der Waals surface area contributed by atoms with Crippen LogP contribution in [0.2, 0.25) is 0 Å². The van der Waals surface area contributed by atoms with Crippen LogP contribution in [-0.4, -0.2) is 35.7 Å². The standard InChI is InChI=1S/C14H24N2O3S.ClH/c1-10(2)12-9-14(11(3)8-13(12)19-5)20(17,18)16-7-6-15-4;/h8-10,15-16H,6-7H2,1-5H3;1H. The average Bonchev–Trinajstić information content (AvgIpc) is 2.37. The predicted molar refractivity (Wildman–Crippen MR) is 88.2 cm³/mol. The molecule has 1 aromatic rings. The van der Waals surface area contributed by atoms with Crippen molar-refractivity contribution in [3.05, 3.63) is 23.3 Å². The lowest BCUT2D eigenvalue weighted by atomic mass is 10.0. The number of rotatable bonds is 7. The van der Waals surface area contributed by atoms with E-state index in [1.807, 2.05) is 13.8 Å². The summed E-state index contributed by atoms with van der Waals surface area (Å²) in [5.74, 6) is 0.920. The zero-order valence-electron chi connectivity index (χ0n) is 13.2. The Hall–Kier alpha value is -0.820. The van der Waals surface area contributed by atoms with Gasteiger partial charge in [0.15, 0.2) is 0 Å². The fourth-order valence-corrected chi connectivity index (χ4v) is 3.27. The fourth-order valence-electron chi connectivity index (χ4n) is 1.98. The summed E-state index contributed by atoms with van der Waals surface area (Å²) in [5, 5.41) is 2.91. The number of halogens is 1. The van der Waals surface area contributed by atoms with Gasteiger partial charge in [0.2, 0.25) is 10.0 Å². The van der Waals surface area contributed by atoms with Crippen LogP contribution >= 0.6 is 12.4 Å². The highest BCUT2D eigenvalue weighted by atomic mass is 35.5. The van der Waals surface area contributed by atoms with E-state index in [0.717, 1.165) is 11.3 Å². The lowest BCUT2D eigenvalue weighted by Gasteiger charge is -2.16. The summed E-state index contributed by atoms with van der Waals surface area (Å²) in [6.45, 7) is 6.75. The van der Waals surface area contributed by atoms with Gasteiger partial charge in [0.1, 0.15) is 5.75 Å². The number of nitrogens with one attached hydrogen (secondary N) is 2. The Balaban J connectivity index is 0.00000400. The van der Waals surface area contributed by atoms with Crippen LogP contribution < -0.4 is 14.8 Å². The second kappa shape index (κ2) is 8.58. The zero-order valence-corrected chi connectivity index (χ0v) is 14.8. The number of ether oxygens (including phenoxy) is 1. The summed E-state index contributed by atoms with van der Waals surface area (Å²) in [7, 11) is -0.111. The first kappa shape index (κ1) is 20.2. The Labute approximate surface area is 133 Å². The van der Waals surface area contributed by atoms with Crippen LogP contribution in [-0.2, 0) is 10.0 Å². The van der Waals surface area contributed by atoms with E-state index in [9.17, 15) is 8.42 Å². The van der Waals surface area contributed by atoms with Crippen molar-refractivity contribution in [2.75, 3.05) is 27.2 Å². The Morgan fingerprint density at radius 1 is 1.24 bits per heavy atom. The quantitative estimate of drug-likeness (QED) is 0.748. The lowest BCUT2D eigenvalue weighted by molar-refractivity contribution is 0.406. The third-order valence-corrected chi connectivity index (χ3v) is 4.71. The van der Waals surface area contributed by atoms with Gasteiger partial charge >= 0.3 is 0 Å². The highest BCUT2D eigenvalue weighted by Crippen LogP contribution is 2.31. The monoisotopic (exact) mass is 336 g/mol. The van der Waals surface area contributed by atoms with Crippen molar-refractivity contribution in [3.63, 3.8) is 0 Å². The first-order valence-corrected chi connectivity index (χ1v) is 8.14. The molecule has 2 N–H and O–H groups in total. The summed E-state index contributed by atoms with van der Waals surface area (Å²) in [4.78, 5) is 0.318. The molecule has 0 bridgehead atoms. The molecule has 0 amide bonds. The van der Waals surface area contributed by atoms with Crippen molar-refractivity contribution in [1.29, 1.82) is 0 Å². The summed E-state index contributed by atoms with van der Waals surface area (Å²) in [5.41, 5.74) is 1.58. The molecule has 0 spiro atoms. The maximum atomic E-state index is 12.3. The van der Waals surface area contributed by atoms with Crippen LogP contribution in [0.5, 0.6) is 5.75 Å². The molecule has 1 aromatic carbocycles. The van der Waals surface area contributed by atoms with Gasteiger partial charge in [-0.05, 0) is 43.1 Å². The molecule has 1 rings (SSSR count). The minimum atomic E-state index is -3.49. The van der Waals surface area contributed by atoms with Crippen LogP contribution in [0.15, 0.2) is 17.0 Å². The second-order valence-corrected chi connectivity index (χ2v) is 6.75. The molecule has 0 saturated heterocycles. The molecule has 0 fully saturated rings. The summed E-state index contributed by atoms with van der Waals surface area (Å²) < 4.78 is 32.6. The van der Waals surface area contributed by atoms with Gasteiger partial charge in [0.05, 0.1) is 12.0 Å². The van der Waals surface area contributed by atoms with E-state index in [1.165, 1.54) is 0 Å². The third kappa shape index (κ3) is 5.14. The molecule has 0 aliphatic rings. The fraction of sp³-hybridized carbons (Fsp3) is 0.571. The summed E-state index contributed by atoms with van der Waals surface area (Å²) in [6, 6.07) is 3.49. The molecular formula is C14H25ClN2O3S. The minimum Gasteiger partial charge on any atom is -0.496 e. The highest BCUT2D eigenvalue weighted by molar-refractivity contribution is 7.89. The normalized spacial score (nSPS) is 11.3. The summed E-state index contributed by atoms with van der Waals surface area (Å²) >= 11 is 0. The Morgan fingerprint density at radius 3 is 2.33 bits per heavy atom. The van der Waals surface area contributed by atoms with E-state index < -0.39 is 10.0 Å². The number of methoxy groups -OCH3 is 1. The SMILES string of the molecule is CNCCNS(=O)(=O)c1cc(C(C)C)c(OC)cc1C.Cl. The van der Waals surface area contributed by atoms with Gasteiger partial charge in [0, 0.05) is 13.1 Å². The number of hydrogen-bond acceptors (Lipinski definition) is 4. The Bertz CT molecular complexity index is 560. The molecule has 0 aliphatic heterocycles. The topological polar surface area (TPSA) is 67.4 Å². The molecule has 0 atom stereocenters. The summed E-state index contributed by atoms with van der Waals surface area (Å²) in [6.07, 6.45) is 0. The molecule has 0 aliphatic carbocycles. The van der Waals surface area contributed by atoms with Crippen LogP contribution in [0.4, 0.5) is 0 Å². The average molecular weight is 337 g/mol. The third-order valence-electron chi connectivity index (χ3n) is 3.11. The number of benzene rings is 1. The van der Waals surface area contributed by atoms with Gasteiger partial charge in [-0.3, -0.25) is 0 Å². The van der Waals surface area contributed by atoms with Crippen molar-refractivity contribution in [2.24, 2.45) is 0 Å². The van der Waals surface area contributed by atoms with Gasteiger partial charge in [-0.1, -0.05) is 13.8 Å². The lowest BCUT2D eigenvalue weighted by Crippen LogP contribution is -2.31. The molecule has 0 saturated carbocycles. The van der Waals surface area contributed by atoms with E-state index in [0.29, 0.717) is 23.5 Å². The number of likely N-dealkylation sites (N-methyl/N-ethyl adjacent to an activating group) is 1. The molecule has 0 radical (unpaired) electrons. The predicted octanol–water partition coefficient (Wildman–Crippen LogP) is 2.05. The first-order valence-electron chi connectivity index (χ1n) is 6.66. The van der Waals surface area contributed by atoms with Crippen molar-refractivity contribution >= 4 is 22.4 Å². The van der Waals surface area contributed by atoms with E-state index >= 15 is 0 Å². The van der Waals surface area contributed by atoms with Crippen LogP contribution in [0.25, 0.3) is 0 Å². The maximum absolute atomic E-state index is 12.3. The molecular weight excluding hydrogens is 312 g/mol. The molecule has 5 nitrogen and oxygen atoms in total. The molecule has 122 valence electrons. The number of aryl methyl sites for hydroxylation is 1. The van der Waals surface area contributed by atoms with Crippen LogP contribution in [0.3, 0.4) is 0 Å². The number of sulfonamides is 1. The van der Waals surface area contributed by atoms with Gasteiger partial charge in [0.25, 0.3) is 0 Å². The van der Waals surface area contributed by atoms with E-state index in [2.05, 4.69) is 10.0 Å². The van der Waals surface area contributed by atoms with Gasteiger partial charge in [-0.2, -0.15) is 0 Å². The Kier molecular flexibility index (Phi) is 8.25. The van der Waals surface area contributed by atoms with Crippen molar-refractivity contribution in [2.45, 2.75) is 31.6 Å². The molecule has 0 heterocycles. The van der Waals surface area contributed by atoms with Crippen LogP contribution in [0, 0.1) is 6.92 Å². The Morgan fingerprint density at radius 2 is 1.86 bits per heavy atom. The molecule has 7 heteroatoms. The largest absolute Gasteiger partial charge is 0.496 e. The number of hydrogen-bond donors (Lipinski definition) is 2. The molecule has 21 heavy (non-hydrogen) atoms. The zero-order chi connectivity index (χ0) is 15.3.